The molecule has 0 saturated heterocycles. The molecule has 2 aromatic heterocycles. The average molecular weight is 541 g/mol. The fourth-order valence-corrected chi connectivity index (χ4v) is 6.35. The van der Waals surface area contributed by atoms with E-state index in [2.05, 4.69) is 48.1 Å². The summed E-state index contributed by atoms with van der Waals surface area (Å²) in [7, 11) is 1.36. The summed E-state index contributed by atoms with van der Waals surface area (Å²) in [5.41, 5.74) is 2.74. The van der Waals surface area contributed by atoms with Crippen molar-refractivity contribution in [1.82, 2.24) is 14.8 Å². The second-order valence-corrected chi connectivity index (χ2v) is 11.2. The molecule has 0 aliphatic heterocycles. The van der Waals surface area contributed by atoms with Crippen LogP contribution in [-0.2, 0) is 28.9 Å². The number of rotatable bonds is 11. The molecule has 1 atom stereocenters. The van der Waals surface area contributed by atoms with Gasteiger partial charge in [-0.25, -0.2) is 4.79 Å². The monoisotopic (exact) mass is 540 g/mol. The molecule has 2 heterocycles. The number of aromatic nitrogens is 3. The minimum Gasteiger partial charge on any atom is -0.483 e. The molecule has 1 amide bonds. The fraction of sp³-hybridized carbons (Fsp3) is 0.407. The third-order valence-electron chi connectivity index (χ3n) is 6.18. The molecule has 0 fully saturated rings. The quantitative estimate of drug-likeness (QED) is 0.187. The third-order valence-corrected chi connectivity index (χ3v) is 8.35. The van der Waals surface area contributed by atoms with Crippen molar-refractivity contribution in [2.75, 3.05) is 18.2 Å². The summed E-state index contributed by atoms with van der Waals surface area (Å²) < 4.78 is 13.0. The minimum absolute atomic E-state index is 0.115. The number of allylic oxidation sites excluding steroid dienone is 1. The van der Waals surface area contributed by atoms with Crippen LogP contribution < -0.4 is 10.1 Å². The maximum absolute atomic E-state index is 12.8. The molecule has 8 nitrogen and oxygen atoms in total. The van der Waals surface area contributed by atoms with Crippen molar-refractivity contribution in [3.8, 4) is 5.75 Å². The molecule has 1 aromatic carbocycles. The minimum atomic E-state index is -0.412. The first kappa shape index (κ1) is 26.9. The van der Waals surface area contributed by atoms with E-state index in [9.17, 15) is 9.59 Å². The van der Waals surface area contributed by atoms with Gasteiger partial charge in [0.05, 0.1) is 18.4 Å². The zero-order valence-electron chi connectivity index (χ0n) is 21.6. The number of anilines is 1. The number of hydrogen-bond acceptors (Lipinski definition) is 8. The Bertz CT molecular complexity index is 1280. The number of thiophene rings is 1. The zero-order chi connectivity index (χ0) is 26.5. The van der Waals surface area contributed by atoms with E-state index in [1.165, 1.54) is 35.8 Å². The molecule has 1 unspecified atom stereocenters. The van der Waals surface area contributed by atoms with Crippen LogP contribution in [0.3, 0.4) is 0 Å². The first-order valence-corrected chi connectivity index (χ1v) is 14.1. The molecular weight excluding hydrogens is 508 g/mol. The van der Waals surface area contributed by atoms with Crippen LogP contribution >= 0.6 is 23.1 Å². The Morgan fingerprint density at radius 1 is 1.22 bits per heavy atom. The number of carbonyl (C=O) groups excluding carboxylic acids is 2. The average Bonchev–Trinajstić information content (AvgIpc) is 3.58. The number of ether oxygens (including phenoxy) is 2. The Labute approximate surface area is 225 Å². The lowest BCUT2D eigenvalue weighted by molar-refractivity contribution is -0.113. The fourth-order valence-electron chi connectivity index (χ4n) is 4.30. The first-order chi connectivity index (χ1) is 17.8. The Kier molecular flexibility index (Phi) is 8.71. The summed E-state index contributed by atoms with van der Waals surface area (Å²) in [6, 6.07) is 8.05. The van der Waals surface area contributed by atoms with Crippen molar-refractivity contribution in [3.63, 3.8) is 0 Å². The van der Waals surface area contributed by atoms with Crippen LogP contribution in [0.2, 0.25) is 0 Å². The van der Waals surface area contributed by atoms with Crippen molar-refractivity contribution in [2.24, 2.45) is 0 Å². The van der Waals surface area contributed by atoms with Gasteiger partial charge in [0.15, 0.2) is 17.1 Å². The lowest BCUT2D eigenvalue weighted by Crippen LogP contribution is -2.17. The third kappa shape index (κ3) is 6.07. The van der Waals surface area contributed by atoms with E-state index >= 15 is 0 Å². The molecule has 196 valence electrons. The van der Waals surface area contributed by atoms with E-state index in [-0.39, 0.29) is 17.8 Å². The molecule has 0 spiro atoms. The predicted molar refractivity (Wildman–Crippen MR) is 147 cm³/mol. The Hall–Kier alpha value is -3.11. The molecule has 1 N–H and O–H groups in total. The van der Waals surface area contributed by atoms with Crippen molar-refractivity contribution in [1.29, 1.82) is 0 Å². The van der Waals surface area contributed by atoms with E-state index in [0.29, 0.717) is 34.0 Å². The lowest BCUT2D eigenvalue weighted by Gasteiger charge is -2.16. The first-order valence-electron chi connectivity index (χ1n) is 12.3. The molecule has 1 aliphatic carbocycles. The van der Waals surface area contributed by atoms with Gasteiger partial charge in [-0.05, 0) is 55.4 Å². The smallest absolute Gasteiger partial charge is 0.341 e. The summed E-state index contributed by atoms with van der Waals surface area (Å²) in [4.78, 5) is 26.3. The number of esters is 1. The molecule has 10 heteroatoms. The van der Waals surface area contributed by atoms with Crippen LogP contribution in [0.25, 0.3) is 0 Å². The van der Waals surface area contributed by atoms with Crippen molar-refractivity contribution in [3.05, 3.63) is 64.3 Å². The van der Waals surface area contributed by atoms with Gasteiger partial charge in [-0.2, -0.15) is 0 Å². The summed E-state index contributed by atoms with van der Waals surface area (Å²) in [6.07, 6.45) is 4.18. The normalized spacial score (nSPS) is 13.3. The Morgan fingerprint density at radius 2 is 1.97 bits per heavy atom. The number of fused-ring (bicyclic) bond motifs is 1. The summed E-state index contributed by atoms with van der Waals surface area (Å²) in [5.74, 6) is 1.34. The van der Waals surface area contributed by atoms with E-state index in [1.807, 2.05) is 23.6 Å². The van der Waals surface area contributed by atoms with Gasteiger partial charge >= 0.3 is 5.97 Å². The number of amides is 1. The van der Waals surface area contributed by atoms with Gasteiger partial charge in [-0.1, -0.05) is 43.8 Å². The molecule has 1 aliphatic rings. The number of nitrogens with zero attached hydrogens (tertiary/aromatic N) is 3. The van der Waals surface area contributed by atoms with Gasteiger partial charge in [-0.3, -0.25) is 9.36 Å². The molecule has 37 heavy (non-hydrogen) atoms. The maximum atomic E-state index is 12.8. The second-order valence-electron chi connectivity index (χ2n) is 9.11. The number of carbonyl (C=O) groups is 2. The van der Waals surface area contributed by atoms with Gasteiger partial charge in [0.2, 0.25) is 5.91 Å². The number of benzene rings is 1. The lowest BCUT2D eigenvalue weighted by atomic mass is 10.0. The largest absolute Gasteiger partial charge is 0.483 e. The zero-order valence-corrected chi connectivity index (χ0v) is 23.2. The second kappa shape index (κ2) is 12.0. The number of aryl methyl sites for hydroxylation is 1. The van der Waals surface area contributed by atoms with Crippen LogP contribution in [0.1, 0.15) is 71.4 Å². The summed E-state index contributed by atoms with van der Waals surface area (Å²) in [5, 5.41) is 12.7. The van der Waals surface area contributed by atoms with Crippen LogP contribution in [0.15, 0.2) is 42.1 Å². The SMILES string of the molecule is C=CCn1c(SCC(=O)Nc2sc3c(c2C(=O)OC)CCC3)nnc1C(C)Oc1ccc(C(C)C)cc1. The topological polar surface area (TPSA) is 95.3 Å². The summed E-state index contributed by atoms with van der Waals surface area (Å²) >= 11 is 2.74. The van der Waals surface area contributed by atoms with Crippen molar-refractivity contribution in [2.45, 2.75) is 63.8 Å². The Balaban J connectivity index is 1.43. The van der Waals surface area contributed by atoms with Crippen LogP contribution in [0.5, 0.6) is 5.75 Å². The number of methoxy groups -OCH3 is 1. The maximum Gasteiger partial charge on any atom is 0.341 e. The van der Waals surface area contributed by atoms with Gasteiger partial charge < -0.3 is 14.8 Å². The van der Waals surface area contributed by atoms with Crippen LogP contribution in [0, 0.1) is 0 Å². The highest BCUT2D eigenvalue weighted by molar-refractivity contribution is 7.99. The molecule has 0 bridgehead atoms. The molecule has 4 rings (SSSR count). The highest BCUT2D eigenvalue weighted by Crippen LogP contribution is 2.39. The van der Waals surface area contributed by atoms with Gasteiger partial charge in [0.1, 0.15) is 10.8 Å². The Morgan fingerprint density at radius 3 is 2.65 bits per heavy atom. The van der Waals surface area contributed by atoms with Gasteiger partial charge in [0, 0.05) is 11.4 Å². The standard InChI is InChI=1S/C27H32N4O4S2/c1-6-14-31-24(17(4)35-19-12-10-18(11-13-19)16(2)3)29-30-27(31)36-15-22(32)28-25-23(26(33)34-5)20-8-7-9-21(20)37-25/h6,10-13,16-17H,1,7-9,14-15H2,2-5H3,(H,28,32). The predicted octanol–water partition coefficient (Wildman–Crippen LogP) is 5.80. The molecular formula is C27H32N4O4S2. The van der Waals surface area contributed by atoms with Crippen molar-refractivity contribution >= 4 is 40.0 Å². The van der Waals surface area contributed by atoms with E-state index in [4.69, 9.17) is 9.47 Å². The number of thioether (sulfide) groups is 1. The van der Waals surface area contributed by atoms with Crippen molar-refractivity contribution < 1.29 is 19.1 Å². The highest BCUT2D eigenvalue weighted by Gasteiger charge is 2.28. The highest BCUT2D eigenvalue weighted by atomic mass is 32.2. The van der Waals surface area contributed by atoms with Crippen LogP contribution in [0.4, 0.5) is 5.00 Å². The molecule has 0 radical (unpaired) electrons. The van der Waals surface area contributed by atoms with Gasteiger partial charge in [0.25, 0.3) is 0 Å². The molecule has 3 aromatic rings. The van der Waals surface area contributed by atoms with E-state index in [1.54, 1.807) is 6.08 Å². The summed E-state index contributed by atoms with van der Waals surface area (Å²) in [6.45, 7) is 10.6. The molecule has 0 saturated carbocycles. The van der Waals surface area contributed by atoms with E-state index in [0.717, 1.165) is 35.5 Å². The number of nitrogens with one attached hydrogen (secondary N) is 1. The number of hydrogen-bond donors (Lipinski definition) is 1. The van der Waals surface area contributed by atoms with E-state index < -0.39 is 5.97 Å². The van der Waals surface area contributed by atoms with Gasteiger partial charge in [-0.15, -0.1) is 28.1 Å². The van der Waals surface area contributed by atoms with Crippen LogP contribution in [-0.4, -0.2) is 39.5 Å².